The summed E-state index contributed by atoms with van der Waals surface area (Å²) < 4.78 is 8.74. The summed E-state index contributed by atoms with van der Waals surface area (Å²) in [5.41, 5.74) is 4.36. The van der Waals surface area contributed by atoms with Gasteiger partial charge in [0, 0.05) is 22.7 Å². The fraction of sp³-hybridized carbons (Fsp3) is 0.143. The Morgan fingerprint density at radius 3 is 2.62 bits per heavy atom. The van der Waals surface area contributed by atoms with Gasteiger partial charge in [-0.3, -0.25) is 9.69 Å². The van der Waals surface area contributed by atoms with Crippen molar-refractivity contribution in [3.05, 3.63) is 107 Å². The van der Waals surface area contributed by atoms with Crippen molar-refractivity contribution in [2.75, 3.05) is 6.61 Å². The zero-order valence-electron chi connectivity index (χ0n) is 18.8. The van der Waals surface area contributed by atoms with Crippen molar-refractivity contribution in [2.45, 2.75) is 20.0 Å². The van der Waals surface area contributed by atoms with Gasteiger partial charge in [0.1, 0.15) is 16.7 Å². The highest BCUT2D eigenvalue weighted by Gasteiger charge is 2.32. The van der Waals surface area contributed by atoms with E-state index < -0.39 is 0 Å². The highest BCUT2D eigenvalue weighted by atomic mass is 32.2. The maximum atomic E-state index is 13.1. The monoisotopic (exact) mass is 484 g/mol. The van der Waals surface area contributed by atoms with Gasteiger partial charge in [0.15, 0.2) is 0 Å². The summed E-state index contributed by atoms with van der Waals surface area (Å²) in [5, 5.41) is 1.10. The molecular formula is C28H24N2O2S2. The molecule has 170 valence electrons. The molecular weight excluding hydrogens is 460 g/mol. The molecule has 1 saturated heterocycles. The van der Waals surface area contributed by atoms with E-state index in [9.17, 15) is 4.79 Å². The second-order valence-corrected chi connectivity index (χ2v) is 9.89. The molecule has 2 heterocycles. The van der Waals surface area contributed by atoms with Gasteiger partial charge in [0.2, 0.25) is 0 Å². The summed E-state index contributed by atoms with van der Waals surface area (Å²) in [6.45, 7) is 3.81. The zero-order chi connectivity index (χ0) is 23.5. The van der Waals surface area contributed by atoms with Crippen molar-refractivity contribution < 1.29 is 9.53 Å². The molecule has 1 aliphatic rings. The standard InChI is InChI=1S/C28H24N2O2S2/c1-20-8-7-11-23(16-20)32-15-14-29-19-22(24-12-5-6-13-25(24)29)17-26-27(31)30(28(33)34-26)18-21-9-3-2-4-10-21/h2-13,16-17,19H,14-15,18H2,1H3/b26-17-. The first-order valence-electron chi connectivity index (χ1n) is 11.1. The molecule has 34 heavy (non-hydrogen) atoms. The second kappa shape index (κ2) is 9.87. The van der Waals surface area contributed by atoms with Crippen LogP contribution >= 0.6 is 24.0 Å². The quantitative estimate of drug-likeness (QED) is 0.224. The summed E-state index contributed by atoms with van der Waals surface area (Å²) in [7, 11) is 0. The Morgan fingerprint density at radius 1 is 1.00 bits per heavy atom. The van der Waals surface area contributed by atoms with E-state index >= 15 is 0 Å². The largest absolute Gasteiger partial charge is 0.492 e. The molecule has 0 aliphatic carbocycles. The van der Waals surface area contributed by atoms with Crippen molar-refractivity contribution >= 4 is 51.2 Å². The van der Waals surface area contributed by atoms with Gasteiger partial charge in [-0.2, -0.15) is 0 Å². The number of nitrogens with zero attached hydrogens (tertiary/aromatic N) is 2. The number of amides is 1. The van der Waals surface area contributed by atoms with Crippen LogP contribution in [0.2, 0.25) is 0 Å². The molecule has 0 saturated carbocycles. The number of thioether (sulfide) groups is 1. The molecule has 6 heteroatoms. The number of benzene rings is 3. The first kappa shape index (κ1) is 22.4. The van der Waals surface area contributed by atoms with Crippen LogP contribution in [-0.2, 0) is 17.9 Å². The van der Waals surface area contributed by atoms with Crippen molar-refractivity contribution in [3.8, 4) is 5.75 Å². The van der Waals surface area contributed by atoms with Crippen LogP contribution in [0.1, 0.15) is 16.7 Å². The van der Waals surface area contributed by atoms with E-state index in [0.717, 1.165) is 27.8 Å². The molecule has 1 amide bonds. The molecule has 0 unspecified atom stereocenters. The van der Waals surface area contributed by atoms with E-state index in [1.165, 1.54) is 17.3 Å². The zero-order valence-corrected chi connectivity index (χ0v) is 20.4. The predicted octanol–water partition coefficient (Wildman–Crippen LogP) is 6.43. The van der Waals surface area contributed by atoms with Crippen molar-refractivity contribution in [1.29, 1.82) is 0 Å². The van der Waals surface area contributed by atoms with E-state index in [4.69, 9.17) is 17.0 Å². The maximum Gasteiger partial charge on any atom is 0.266 e. The molecule has 1 aliphatic heterocycles. The Labute approximate surface area is 208 Å². The fourth-order valence-corrected chi connectivity index (χ4v) is 5.33. The van der Waals surface area contributed by atoms with E-state index in [-0.39, 0.29) is 5.91 Å². The third kappa shape index (κ3) is 4.79. The van der Waals surface area contributed by atoms with E-state index in [1.54, 1.807) is 4.90 Å². The number of hydrogen-bond acceptors (Lipinski definition) is 4. The maximum absolute atomic E-state index is 13.1. The predicted molar refractivity (Wildman–Crippen MR) is 144 cm³/mol. The van der Waals surface area contributed by atoms with Gasteiger partial charge in [-0.05, 0) is 42.3 Å². The van der Waals surface area contributed by atoms with Crippen LogP contribution in [0.15, 0.2) is 90.0 Å². The molecule has 0 spiro atoms. The van der Waals surface area contributed by atoms with Crippen molar-refractivity contribution in [3.63, 3.8) is 0 Å². The molecule has 1 fully saturated rings. The van der Waals surface area contributed by atoms with E-state index in [0.29, 0.717) is 28.9 Å². The van der Waals surface area contributed by atoms with Crippen LogP contribution in [-0.4, -0.2) is 26.3 Å². The number of carbonyl (C=O) groups excluding carboxylic acids is 1. The summed E-state index contributed by atoms with van der Waals surface area (Å²) in [6.07, 6.45) is 4.05. The Balaban J connectivity index is 1.36. The lowest BCUT2D eigenvalue weighted by Crippen LogP contribution is -2.27. The van der Waals surface area contributed by atoms with Gasteiger partial charge in [0.25, 0.3) is 5.91 Å². The molecule has 0 bridgehead atoms. The number of ether oxygens (including phenoxy) is 1. The van der Waals surface area contributed by atoms with Crippen LogP contribution in [0.25, 0.3) is 17.0 Å². The number of hydrogen-bond donors (Lipinski definition) is 0. The average Bonchev–Trinajstić information content (AvgIpc) is 3.32. The number of thiocarbonyl (C=S) groups is 1. The lowest BCUT2D eigenvalue weighted by atomic mass is 10.1. The first-order chi connectivity index (χ1) is 16.6. The number of para-hydroxylation sites is 1. The van der Waals surface area contributed by atoms with Crippen LogP contribution in [0.5, 0.6) is 5.75 Å². The minimum Gasteiger partial charge on any atom is -0.492 e. The minimum atomic E-state index is -0.0431. The van der Waals surface area contributed by atoms with Crippen molar-refractivity contribution in [1.82, 2.24) is 9.47 Å². The topological polar surface area (TPSA) is 34.5 Å². The van der Waals surface area contributed by atoms with Gasteiger partial charge in [0.05, 0.1) is 18.0 Å². The first-order valence-corrected chi connectivity index (χ1v) is 12.4. The van der Waals surface area contributed by atoms with Crippen LogP contribution in [0.4, 0.5) is 0 Å². The number of aromatic nitrogens is 1. The van der Waals surface area contributed by atoms with E-state index in [1.807, 2.05) is 66.7 Å². The number of carbonyl (C=O) groups is 1. The Hall–Kier alpha value is -3.35. The molecule has 3 aromatic carbocycles. The number of rotatable bonds is 7. The van der Waals surface area contributed by atoms with Crippen LogP contribution < -0.4 is 4.74 Å². The molecule has 4 nitrogen and oxygen atoms in total. The smallest absolute Gasteiger partial charge is 0.266 e. The molecule has 0 atom stereocenters. The highest BCUT2D eigenvalue weighted by molar-refractivity contribution is 8.26. The number of aryl methyl sites for hydroxylation is 1. The van der Waals surface area contributed by atoms with Gasteiger partial charge in [-0.25, -0.2) is 0 Å². The minimum absolute atomic E-state index is 0.0431. The number of fused-ring (bicyclic) bond motifs is 1. The lowest BCUT2D eigenvalue weighted by molar-refractivity contribution is -0.122. The van der Waals surface area contributed by atoms with Gasteiger partial charge >= 0.3 is 0 Å². The summed E-state index contributed by atoms with van der Waals surface area (Å²) >= 11 is 6.89. The second-order valence-electron chi connectivity index (χ2n) is 8.21. The SMILES string of the molecule is Cc1cccc(OCCn2cc(/C=C3\SC(=S)N(Cc4ccccc4)C3=O)c3ccccc32)c1. The normalized spacial score (nSPS) is 15.0. The van der Waals surface area contributed by atoms with Crippen molar-refractivity contribution in [2.24, 2.45) is 0 Å². The Bertz CT molecular complexity index is 1390. The summed E-state index contributed by atoms with van der Waals surface area (Å²) in [5.74, 6) is 0.831. The third-order valence-corrected chi connectivity index (χ3v) is 7.13. The van der Waals surface area contributed by atoms with Gasteiger partial charge in [-0.15, -0.1) is 0 Å². The molecule has 4 aromatic rings. The molecule has 0 radical (unpaired) electrons. The molecule has 1 aromatic heterocycles. The van der Waals surface area contributed by atoms with E-state index in [2.05, 4.69) is 35.9 Å². The Morgan fingerprint density at radius 2 is 1.79 bits per heavy atom. The Kier molecular flexibility index (Phi) is 6.52. The highest BCUT2D eigenvalue weighted by Crippen LogP contribution is 2.35. The fourth-order valence-electron chi connectivity index (χ4n) is 4.09. The third-order valence-electron chi connectivity index (χ3n) is 5.75. The average molecular weight is 485 g/mol. The van der Waals surface area contributed by atoms with Gasteiger partial charge in [-0.1, -0.05) is 84.6 Å². The molecule has 0 N–H and O–H groups in total. The summed E-state index contributed by atoms with van der Waals surface area (Å²) in [6, 6.07) is 26.2. The van der Waals surface area contributed by atoms with Gasteiger partial charge < -0.3 is 9.30 Å². The summed E-state index contributed by atoms with van der Waals surface area (Å²) in [4.78, 5) is 15.5. The van der Waals surface area contributed by atoms with Crippen LogP contribution in [0.3, 0.4) is 0 Å². The molecule has 5 rings (SSSR count). The lowest BCUT2D eigenvalue weighted by Gasteiger charge is -2.14. The van der Waals surface area contributed by atoms with Crippen LogP contribution in [0, 0.1) is 6.92 Å².